The van der Waals surface area contributed by atoms with Gasteiger partial charge in [0.15, 0.2) is 0 Å². The van der Waals surface area contributed by atoms with Gasteiger partial charge in [-0.3, -0.25) is 13.8 Å². The third-order valence-electron chi connectivity index (χ3n) is 6.03. The fourth-order valence-corrected chi connectivity index (χ4v) is 4.73. The molecular weight excluding hydrogens is 536 g/mol. The Labute approximate surface area is 231 Å². The Kier molecular flexibility index (Phi) is 9.24. The van der Waals surface area contributed by atoms with Crippen molar-refractivity contribution in [1.29, 1.82) is 0 Å². The molecule has 0 spiro atoms. The normalized spacial score (nSPS) is 13.3. The van der Waals surface area contributed by atoms with Gasteiger partial charge in [0.1, 0.15) is 12.4 Å². The summed E-state index contributed by atoms with van der Waals surface area (Å²) in [6.45, 7) is 1.94. The molecule has 0 saturated heterocycles. The number of nitrogens with zero attached hydrogens (tertiary/aromatic N) is 5. The molecule has 1 aromatic carbocycles. The number of pyridine rings is 2. The lowest BCUT2D eigenvalue weighted by molar-refractivity contribution is -0.113. The second kappa shape index (κ2) is 12.6. The summed E-state index contributed by atoms with van der Waals surface area (Å²) in [6, 6.07) is 12.3. The van der Waals surface area contributed by atoms with Gasteiger partial charge in [-0.1, -0.05) is 18.2 Å². The molecule has 4 aromatic rings. The van der Waals surface area contributed by atoms with Gasteiger partial charge in [-0.15, -0.1) is 0 Å². The number of fused-ring (bicyclic) bond motifs is 1. The van der Waals surface area contributed by atoms with Crippen LogP contribution in [-0.4, -0.2) is 64.5 Å². The zero-order valence-electron chi connectivity index (χ0n) is 22.7. The van der Waals surface area contributed by atoms with Crippen molar-refractivity contribution < 1.29 is 27.7 Å². The predicted octanol–water partition coefficient (Wildman–Crippen LogP) is 5.10. The summed E-state index contributed by atoms with van der Waals surface area (Å²) in [5, 5.41) is 0.664. The number of amides is 1. The smallest absolute Gasteiger partial charge is 0.312 e. The quantitative estimate of drug-likeness (QED) is 0.152. The predicted molar refractivity (Wildman–Crippen MR) is 152 cm³/mol. The number of benzene rings is 1. The Morgan fingerprint density at radius 2 is 1.90 bits per heavy atom. The van der Waals surface area contributed by atoms with E-state index in [2.05, 4.69) is 9.97 Å². The maximum atomic E-state index is 14.0. The topological polar surface area (TPSA) is 110 Å². The third-order valence-corrected chi connectivity index (χ3v) is 7.06. The van der Waals surface area contributed by atoms with Crippen molar-refractivity contribution >= 4 is 30.5 Å². The molecule has 3 heterocycles. The second-order valence-corrected chi connectivity index (χ2v) is 10.7. The molecule has 10 nitrogen and oxygen atoms in total. The van der Waals surface area contributed by atoms with Crippen LogP contribution in [0.1, 0.15) is 6.92 Å². The van der Waals surface area contributed by atoms with E-state index in [1.54, 1.807) is 48.0 Å². The van der Waals surface area contributed by atoms with Crippen LogP contribution in [0.2, 0.25) is 0 Å². The van der Waals surface area contributed by atoms with E-state index in [-0.39, 0.29) is 19.2 Å². The fourth-order valence-electron chi connectivity index (χ4n) is 4.06. The molecule has 1 atom stereocenters. The van der Waals surface area contributed by atoms with Gasteiger partial charge in [0.2, 0.25) is 11.9 Å². The standard InChI is InChI=1S/C28H31FN5O5P/c1-5-38-40(36,37)39-19-34-18-25(21-11-12-30-26(29)16-21)24-15-22(17-31-28(24)34)20-8-6-9-23(14-20)33(4)27(35)10-7-13-32(2)3/h6-12,14-18H,5,13,19H2,1-4H3,(H,36,37)/b10-7+. The van der Waals surface area contributed by atoms with E-state index in [1.165, 1.54) is 12.3 Å². The molecule has 210 valence electrons. The average Bonchev–Trinajstić information content (AvgIpc) is 3.29. The minimum Gasteiger partial charge on any atom is -0.312 e. The van der Waals surface area contributed by atoms with E-state index in [0.29, 0.717) is 34.4 Å². The van der Waals surface area contributed by atoms with E-state index in [9.17, 15) is 18.6 Å². The number of hydrogen-bond donors (Lipinski definition) is 1. The number of phosphoric acid groups is 1. The molecule has 0 bridgehead atoms. The van der Waals surface area contributed by atoms with Gasteiger partial charge >= 0.3 is 7.82 Å². The van der Waals surface area contributed by atoms with Gasteiger partial charge in [-0.05, 0) is 56.4 Å². The Balaban J connectivity index is 1.72. The van der Waals surface area contributed by atoms with E-state index < -0.39 is 13.8 Å². The summed E-state index contributed by atoms with van der Waals surface area (Å²) in [4.78, 5) is 34.3. The van der Waals surface area contributed by atoms with Crippen LogP contribution in [0.15, 0.2) is 73.2 Å². The minimum atomic E-state index is -4.26. The largest absolute Gasteiger partial charge is 0.473 e. The molecule has 3 aromatic heterocycles. The Bertz CT molecular complexity index is 1590. The number of carbonyl (C=O) groups excluding carboxylic acids is 1. The molecule has 0 radical (unpaired) electrons. The Hall–Kier alpha value is -3.73. The van der Waals surface area contributed by atoms with Crippen LogP contribution in [0.25, 0.3) is 33.3 Å². The number of carbonyl (C=O) groups is 1. The summed E-state index contributed by atoms with van der Waals surface area (Å²) in [5.74, 6) is -0.796. The van der Waals surface area contributed by atoms with Gasteiger partial charge in [-0.2, -0.15) is 4.39 Å². The summed E-state index contributed by atoms with van der Waals surface area (Å²) >= 11 is 0. The van der Waals surface area contributed by atoms with Crippen LogP contribution < -0.4 is 4.90 Å². The number of rotatable bonds is 11. The van der Waals surface area contributed by atoms with Crippen molar-refractivity contribution in [3.8, 4) is 22.3 Å². The summed E-state index contributed by atoms with van der Waals surface area (Å²) < 4.78 is 37.6. The molecule has 0 saturated carbocycles. The van der Waals surface area contributed by atoms with Gasteiger partial charge in [0.25, 0.3) is 0 Å². The number of aromatic nitrogens is 3. The van der Waals surface area contributed by atoms with Gasteiger partial charge in [0.05, 0.1) is 6.61 Å². The fraction of sp³-hybridized carbons (Fsp3) is 0.250. The van der Waals surface area contributed by atoms with Crippen molar-refractivity contribution in [3.63, 3.8) is 0 Å². The van der Waals surface area contributed by atoms with Crippen molar-refractivity contribution in [2.45, 2.75) is 13.7 Å². The maximum Gasteiger partial charge on any atom is 0.473 e. The molecular formula is C28H31FN5O5P. The van der Waals surface area contributed by atoms with Crippen LogP contribution >= 0.6 is 7.82 Å². The highest BCUT2D eigenvalue weighted by atomic mass is 31.2. The first-order valence-electron chi connectivity index (χ1n) is 12.5. The molecule has 4 rings (SSSR count). The maximum absolute atomic E-state index is 14.0. The molecule has 1 N–H and O–H groups in total. The van der Waals surface area contributed by atoms with Gasteiger partial charge in [0, 0.05) is 66.5 Å². The summed E-state index contributed by atoms with van der Waals surface area (Å²) in [6.07, 6.45) is 8.05. The highest BCUT2D eigenvalue weighted by molar-refractivity contribution is 7.47. The zero-order chi connectivity index (χ0) is 28.9. The lowest BCUT2D eigenvalue weighted by atomic mass is 10.0. The van der Waals surface area contributed by atoms with Crippen molar-refractivity contribution in [2.75, 3.05) is 39.2 Å². The number of anilines is 1. The van der Waals surface area contributed by atoms with Gasteiger partial charge in [-0.25, -0.2) is 14.5 Å². The number of likely N-dealkylation sites (N-methyl/N-ethyl adjacent to an activating group) is 2. The minimum absolute atomic E-state index is 0.00950. The lowest BCUT2D eigenvalue weighted by Crippen LogP contribution is -2.24. The third kappa shape index (κ3) is 7.07. The number of halogens is 1. The average molecular weight is 568 g/mol. The van der Waals surface area contributed by atoms with Gasteiger partial charge < -0.3 is 19.3 Å². The SMILES string of the molecule is CCOP(=O)(O)OCn1cc(-c2ccnc(F)c2)c2cc(-c3cccc(N(C)C(=O)/C=C/CN(C)C)c3)cnc21. The van der Waals surface area contributed by atoms with Crippen LogP contribution in [0.4, 0.5) is 10.1 Å². The van der Waals surface area contributed by atoms with Crippen LogP contribution in [0.5, 0.6) is 0 Å². The van der Waals surface area contributed by atoms with Crippen LogP contribution in [0.3, 0.4) is 0 Å². The molecule has 1 amide bonds. The van der Waals surface area contributed by atoms with Crippen molar-refractivity contribution in [1.82, 2.24) is 19.4 Å². The van der Waals surface area contributed by atoms with Crippen LogP contribution in [0, 0.1) is 5.95 Å². The van der Waals surface area contributed by atoms with Crippen molar-refractivity contribution in [2.24, 2.45) is 0 Å². The monoisotopic (exact) mass is 567 g/mol. The number of phosphoric ester groups is 1. The van der Waals surface area contributed by atoms with E-state index in [1.807, 2.05) is 55.4 Å². The van der Waals surface area contributed by atoms with E-state index in [0.717, 1.165) is 11.1 Å². The summed E-state index contributed by atoms with van der Waals surface area (Å²) in [5.41, 5.74) is 3.92. The first-order valence-corrected chi connectivity index (χ1v) is 14.0. The second-order valence-electron chi connectivity index (χ2n) is 9.23. The Morgan fingerprint density at radius 1 is 1.10 bits per heavy atom. The summed E-state index contributed by atoms with van der Waals surface area (Å²) in [7, 11) is 1.31. The molecule has 0 fully saturated rings. The van der Waals surface area contributed by atoms with Crippen molar-refractivity contribution in [3.05, 3.63) is 79.2 Å². The number of hydrogen-bond acceptors (Lipinski definition) is 7. The van der Waals surface area contributed by atoms with E-state index in [4.69, 9.17) is 9.05 Å². The molecule has 12 heteroatoms. The highest BCUT2D eigenvalue weighted by Gasteiger charge is 2.22. The van der Waals surface area contributed by atoms with E-state index >= 15 is 0 Å². The molecule has 1 unspecified atom stereocenters. The highest BCUT2D eigenvalue weighted by Crippen LogP contribution is 2.44. The molecule has 0 aliphatic rings. The van der Waals surface area contributed by atoms with Crippen LogP contribution in [-0.2, 0) is 25.1 Å². The molecule has 0 aliphatic heterocycles. The molecule has 40 heavy (non-hydrogen) atoms. The first kappa shape index (κ1) is 29.3. The lowest BCUT2D eigenvalue weighted by Gasteiger charge is -2.17. The zero-order valence-corrected chi connectivity index (χ0v) is 23.6. The Morgan fingerprint density at radius 3 is 2.62 bits per heavy atom. The molecule has 0 aliphatic carbocycles. The first-order chi connectivity index (χ1) is 19.1.